The Morgan fingerprint density at radius 2 is 1.93 bits per heavy atom. The molecule has 15 heavy (non-hydrogen) atoms. The number of nitrogens with two attached hydrogens (primary N) is 1. The van der Waals surface area contributed by atoms with E-state index in [2.05, 4.69) is 0 Å². The van der Waals surface area contributed by atoms with Gasteiger partial charge in [0.15, 0.2) is 17.5 Å². The molecule has 0 amide bonds. The van der Waals surface area contributed by atoms with Crippen LogP contribution >= 0.6 is 0 Å². The predicted molar refractivity (Wildman–Crippen MR) is 45.5 cm³/mol. The maximum Gasteiger partial charge on any atom is 0.305 e. The largest absolute Gasteiger partial charge is 0.481 e. The molecule has 0 aliphatic rings. The number of halogens is 3. The standard InChI is InChI=1S/C9H8F3NO2/c10-5-2-1-4(8(11)9(5)12)6(13)3-7(14)15/h1-2,6H,3,13H2,(H,14,15). The summed E-state index contributed by atoms with van der Waals surface area (Å²) >= 11 is 0. The number of hydrogen-bond donors (Lipinski definition) is 2. The Labute approximate surface area is 83.3 Å². The van der Waals surface area contributed by atoms with Gasteiger partial charge in [0.25, 0.3) is 0 Å². The van der Waals surface area contributed by atoms with Crippen LogP contribution in [0.25, 0.3) is 0 Å². The van der Waals surface area contributed by atoms with Crippen molar-refractivity contribution in [3.8, 4) is 0 Å². The van der Waals surface area contributed by atoms with Gasteiger partial charge in [0, 0.05) is 11.6 Å². The van der Waals surface area contributed by atoms with Gasteiger partial charge < -0.3 is 10.8 Å². The smallest absolute Gasteiger partial charge is 0.305 e. The summed E-state index contributed by atoms with van der Waals surface area (Å²) < 4.78 is 38.3. The van der Waals surface area contributed by atoms with E-state index in [1.807, 2.05) is 0 Å². The van der Waals surface area contributed by atoms with Gasteiger partial charge >= 0.3 is 5.97 Å². The molecule has 0 heterocycles. The van der Waals surface area contributed by atoms with Crippen LogP contribution in [0.15, 0.2) is 12.1 Å². The molecule has 0 aliphatic heterocycles. The average Bonchev–Trinajstić information content (AvgIpc) is 2.13. The van der Waals surface area contributed by atoms with E-state index in [-0.39, 0.29) is 5.56 Å². The average molecular weight is 219 g/mol. The minimum absolute atomic E-state index is 0.351. The molecule has 1 aromatic rings. The molecule has 1 aromatic carbocycles. The Balaban J connectivity index is 3.05. The minimum Gasteiger partial charge on any atom is -0.481 e. The summed E-state index contributed by atoms with van der Waals surface area (Å²) in [6, 6.07) is 0.439. The molecule has 1 rings (SSSR count). The first-order chi connectivity index (χ1) is 6.93. The SMILES string of the molecule is NC(CC(=O)O)c1ccc(F)c(F)c1F. The zero-order valence-electron chi connectivity index (χ0n) is 7.51. The maximum absolute atomic E-state index is 13.1. The third-order valence-corrected chi connectivity index (χ3v) is 1.86. The lowest BCUT2D eigenvalue weighted by atomic mass is 10.0. The van der Waals surface area contributed by atoms with Crippen LogP contribution in [0.3, 0.4) is 0 Å². The zero-order valence-corrected chi connectivity index (χ0v) is 7.51. The second-order valence-corrected chi connectivity index (χ2v) is 2.97. The Bertz CT molecular complexity index is 395. The number of carboxylic acid groups (broad SMARTS) is 1. The van der Waals surface area contributed by atoms with Crippen molar-refractivity contribution >= 4 is 5.97 Å². The van der Waals surface area contributed by atoms with Gasteiger partial charge in [0.2, 0.25) is 0 Å². The van der Waals surface area contributed by atoms with E-state index in [1.54, 1.807) is 0 Å². The Hall–Kier alpha value is -1.56. The van der Waals surface area contributed by atoms with Crippen molar-refractivity contribution in [2.45, 2.75) is 12.5 Å². The highest BCUT2D eigenvalue weighted by Crippen LogP contribution is 2.21. The van der Waals surface area contributed by atoms with Crippen LogP contribution in [0.1, 0.15) is 18.0 Å². The first kappa shape index (κ1) is 11.5. The van der Waals surface area contributed by atoms with Gasteiger partial charge in [-0.2, -0.15) is 0 Å². The third-order valence-electron chi connectivity index (χ3n) is 1.86. The number of carboxylic acids is 1. The number of aliphatic carboxylic acids is 1. The van der Waals surface area contributed by atoms with Gasteiger partial charge in [-0.1, -0.05) is 6.07 Å². The molecule has 0 radical (unpaired) electrons. The van der Waals surface area contributed by atoms with Gasteiger partial charge in [-0.15, -0.1) is 0 Å². The third kappa shape index (κ3) is 2.47. The van der Waals surface area contributed by atoms with Gasteiger partial charge in [-0.3, -0.25) is 4.79 Å². The highest BCUT2D eigenvalue weighted by Gasteiger charge is 2.19. The highest BCUT2D eigenvalue weighted by atomic mass is 19.2. The number of carbonyl (C=O) groups is 1. The molecule has 1 atom stereocenters. The van der Waals surface area contributed by atoms with Crippen molar-refractivity contribution in [3.63, 3.8) is 0 Å². The van der Waals surface area contributed by atoms with Crippen molar-refractivity contribution in [1.29, 1.82) is 0 Å². The molecular formula is C9H8F3NO2. The van der Waals surface area contributed by atoms with Crippen molar-refractivity contribution in [2.75, 3.05) is 0 Å². The van der Waals surface area contributed by atoms with E-state index in [0.717, 1.165) is 6.07 Å². The first-order valence-corrected chi connectivity index (χ1v) is 4.04. The van der Waals surface area contributed by atoms with Crippen LogP contribution in [0.2, 0.25) is 0 Å². The van der Waals surface area contributed by atoms with Crippen LogP contribution in [-0.2, 0) is 4.79 Å². The van der Waals surface area contributed by atoms with Crippen LogP contribution in [0.5, 0.6) is 0 Å². The van der Waals surface area contributed by atoms with E-state index < -0.39 is 35.9 Å². The summed E-state index contributed by atoms with van der Waals surface area (Å²) in [5.74, 6) is -5.66. The van der Waals surface area contributed by atoms with Gasteiger partial charge in [-0.25, -0.2) is 13.2 Å². The summed E-state index contributed by atoms with van der Waals surface area (Å²) in [6.07, 6.45) is -0.554. The molecule has 0 aliphatic carbocycles. The molecule has 82 valence electrons. The lowest BCUT2D eigenvalue weighted by Gasteiger charge is -2.10. The molecule has 0 saturated carbocycles. The number of hydrogen-bond acceptors (Lipinski definition) is 2. The fourth-order valence-electron chi connectivity index (χ4n) is 1.13. The van der Waals surface area contributed by atoms with Gasteiger partial charge in [-0.05, 0) is 6.07 Å². The minimum atomic E-state index is -1.65. The van der Waals surface area contributed by atoms with E-state index in [0.29, 0.717) is 6.07 Å². The van der Waals surface area contributed by atoms with Crippen molar-refractivity contribution < 1.29 is 23.1 Å². The van der Waals surface area contributed by atoms with Crippen LogP contribution in [0.4, 0.5) is 13.2 Å². The lowest BCUT2D eigenvalue weighted by Crippen LogP contribution is -2.17. The van der Waals surface area contributed by atoms with Crippen molar-refractivity contribution in [3.05, 3.63) is 35.1 Å². The first-order valence-electron chi connectivity index (χ1n) is 4.04. The van der Waals surface area contributed by atoms with Crippen LogP contribution in [0, 0.1) is 17.5 Å². The fraction of sp³-hybridized carbons (Fsp3) is 0.222. The molecular weight excluding hydrogens is 211 g/mol. The fourth-order valence-corrected chi connectivity index (χ4v) is 1.13. The molecule has 0 spiro atoms. The predicted octanol–water partition coefficient (Wildman–Crippen LogP) is 1.58. The van der Waals surface area contributed by atoms with Crippen molar-refractivity contribution in [2.24, 2.45) is 5.73 Å². The summed E-state index contributed by atoms with van der Waals surface area (Å²) in [7, 11) is 0. The van der Waals surface area contributed by atoms with E-state index >= 15 is 0 Å². The summed E-state index contributed by atoms with van der Waals surface area (Å²) in [4.78, 5) is 10.3. The molecule has 0 bridgehead atoms. The highest BCUT2D eigenvalue weighted by molar-refractivity contribution is 5.67. The maximum atomic E-state index is 13.1. The number of rotatable bonds is 3. The monoisotopic (exact) mass is 219 g/mol. The van der Waals surface area contributed by atoms with E-state index in [1.165, 1.54) is 0 Å². The Kier molecular flexibility index (Phi) is 3.31. The Morgan fingerprint density at radius 1 is 1.33 bits per heavy atom. The van der Waals surface area contributed by atoms with Gasteiger partial charge in [0.05, 0.1) is 6.42 Å². The topological polar surface area (TPSA) is 63.3 Å². The second kappa shape index (κ2) is 4.31. The summed E-state index contributed by atoms with van der Waals surface area (Å²) in [5.41, 5.74) is 4.96. The van der Waals surface area contributed by atoms with E-state index in [9.17, 15) is 18.0 Å². The summed E-state index contributed by atoms with van der Waals surface area (Å²) in [6.45, 7) is 0. The molecule has 0 fully saturated rings. The van der Waals surface area contributed by atoms with Crippen LogP contribution in [-0.4, -0.2) is 11.1 Å². The lowest BCUT2D eigenvalue weighted by molar-refractivity contribution is -0.137. The number of benzene rings is 1. The van der Waals surface area contributed by atoms with Crippen LogP contribution < -0.4 is 5.73 Å². The molecule has 3 N–H and O–H groups in total. The second-order valence-electron chi connectivity index (χ2n) is 2.97. The molecule has 3 nitrogen and oxygen atoms in total. The molecule has 1 unspecified atom stereocenters. The van der Waals surface area contributed by atoms with E-state index in [4.69, 9.17) is 10.8 Å². The quantitative estimate of drug-likeness (QED) is 0.758. The molecule has 0 saturated heterocycles. The van der Waals surface area contributed by atoms with Crippen molar-refractivity contribution in [1.82, 2.24) is 0 Å². The molecule has 0 aromatic heterocycles. The van der Waals surface area contributed by atoms with Gasteiger partial charge in [0.1, 0.15) is 0 Å². The molecule has 6 heteroatoms. The normalized spacial score (nSPS) is 12.5. The zero-order chi connectivity index (χ0) is 11.6. The Morgan fingerprint density at radius 3 is 2.47 bits per heavy atom. The summed E-state index contributed by atoms with van der Waals surface area (Å²) in [5, 5.41) is 8.39.